The second-order valence-corrected chi connectivity index (χ2v) is 8.29. The van der Waals surface area contributed by atoms with E-state index in [9.17, 15) is 32.3 Å². The number of hydrogen-bond acceptors (Lipinski definition) is 6. The van der Waals surface area contributed by atoms with E-state index in [1.165, 1.54) is 12.1 Å². The number of hydrogen-bond donors (Lipinski definition) is 1. The molecule has 0 saturated heterocycles. The Morgan fingerprint density at radius 3 is 2.24 bits per heavy atom. The maximum Gasteiger partial charge on any atom is 0.417 e. The van der Waals surface area contributed by atoms with Crippen LogP contribution in [0.15, 0.2) is 36.5 Å². The van der Waals surface area contributed by atoms with Crippen LogP contribution < -0.4 is 5.32 Å². The van der Waals surface area contributed by atoms with Gasteiger partial charge in [-0.3, -0.25) is 19.3 Å². The standard InChI is InChI=1S/C22H19ClF3N3O5/c1-11(2)7-16(29-19(31)13-5-3-4-6-14(13)20(29)32)21(33)34-10-17(30)28-18-15(23)8-12(9-27-18)22(24,25)26/h3-6,8-9,11,16H,7,10H2,1-2H3,(H,27,28,30)/t16-/m0/s1. The molecule has 0 fully saturated rings. The van der Waals surface area contributed by atoms with Crippen LogP contribution in [0.25, 0.3) is 0 Å². The number of rotatable bonds is 7. The van der Waals surface area contributed by atoms with Crippen LogP contribution in [0.4, 0.5) is 19.0 Å². The van der Waals surface area contributed by atoms with Crippen LogP contribution in [0.3, 0.4) is 0 Å². The van der Waals surface area contributed by atoms with Crippen molar-refractivity contribution in [3.05, 3.63) is 58.2 Å². The molecule has 34 heavy (non-hydrogen) atoms. The molecule has 180 valence electrons. The largest absolute Gasteiger partial charge is 0.454 e. The van der Waals surface area contributed by atoms with E-state index in [0.717, 1.165) is 4.90 Å². The molecule has 2 aromatic rings. The molecule has 8 nitrogen and oxygen atoms in total. The second kappa shape index (κ2) is 9.80. The van der Waals surface area contributed by atoms with Crippen molar-refractivity contribution >= 4 is 41.1 Å². The summed E-state index contributed by atoms with van der Waals surface area (Å²) in [6.07, 6.45) is -4.07. The zero-order valence-corrected chi connectivity index (χ0v) is 18.7. The van der Waals surface area contributed by atoms with E-state index in [2.05, 4.69) is 10.3 Å². The van der Waals surface area contributed by atoms with Crippen molar-refractivity contribution in [1.29, 1.82) is 0 Å². The Hall–Kier alpha value is -3.47. The summed E-state index contributed by atoms with van der Waals surface area (Å²) in [5.74, 6) is -3.65. The molecule has 0 spiro atoms. The van der Waals surface area contributed by atoms with Crippen molar-refractivity contribution in [3.8, 4) is 0 Å². The molecular weight excluding hydrogens is 479 g/mol. The topological polar surface area (TPSA) is 106 Å². The minimum atomic E-state index is -4.66. The van der Waals surface area contributed by atoms with Gasteiger partial charge < -0.3 is 10.1 Å². The number of carbonyl (C=O) groups is 4. The molecule has 0 unspecified atom stereocenters. The molecule has 3 rings (SSSR count). The first kappa shape index (κ1) is 25.2. The fourth-order valence-electron chi connectivity index (χ4n) is 3.33. The second-order valence-electron chi connectivity index (χ2n) is 7.88. The van der Waals surface area contributed by atoms with Gasteiger partial charge in [-0.05, 0) is 30.5 Å². The minimum Gasteiger partial charge on any atom is -0.454 e. The average molecular weight is 498 g/mol. The molecule has 1 aromatic carbocycles. The van der Waals surface area contributed by atoms with Crippen LogP contribution in [0.5, 0.6) is 0 Å². The highest BCUT2D eigenvalue weighted by Gasteiger charge is 2.43. The Labute approximate surface area is 197 Å². The van der Waals surface area contributed by atoms with E-state index in [0.29, 0.717) is 12.3 Å². The van der Waals surface area contributed by atoms with E-state index >= 15 is 0 Å². The fourth-order valence-corrected chi connectivity index (χ4v) is 3.54. The molecule has 0 saturated carbocycles. The summed E-state index contributed by atoms with van der Waals surface area (Å²) in [4.78, 5) is 54.8. The Kier molecular flexibility index (Phi) is 7.25. The highest BCUT2D eigenvalue weighted by atomic mass is 35.5. The highest BCUT2D eigenvalue weighted by Crippen LogP contribution is 2.32. The van der Waals surface area contributed by atoms with Crippen molar-refractivity contribution in [2.24, 2.45) is 5.92 Å². The van der Waals surface area contributed by atoms with Gasteiger partial charge in [-0.1, -0.05) is 37.6 Å². The molecule has 3 amide bonds. The van der Waals surface area contributed by atoms with Gasteiger partial charge in [0.05, 0.1) is 21.7 Å². The van der Waals surface area contributed by atoms with Crippen molar-refractivity contribution in [1.82, 2.24) is 9.88 Å². The number of amides is 3. The summed E-state index contributed by atoms with van der Waals surface area (Å²) in [5, 5.41) is 1.69. The molecule has 1 aliphatic heterocycles. The van der Waals surface area contributed by atoms with Gasteiger partial charge in [0.15, 0.2) is 12.4 Å². The van der Waals surface area contributed by atoms with Gasteiger partial charge in [-0.25, -0.2) is 9.78 Å². The first-order valence-corrected chi connectivity index (χ1v) is 10.4. The van der Waals surface area contributed by atoms with Crippen molar-refractivity contribution in [3.63, 3.8) is 0 Å². The highest BCUT2D eigenvalue weighted by molar-refractivity contribution is 6.33. The third kappa shape index (κ3) is 5.36. The predicted molar refractivity (Wildman–Crippen MR) is 114 cm³/mol. The number of anilines is 1. The van der Waals surface area contributed by atoms with E-state index < -0.39 is 53.1 Å². The van der Waals surface area contributed by atoms with E-state index in [4.69, 9.17) is 16.3 Å². The maximum absolute atomic E-state index is 12.8. The predicted octanol–water partition coefficient (Wildman–Crippen LogP) is 3.95. The first-order valence-electron chi connectivity index (χ1n) is 10.1. The number of fused-ring (bicyclic) bond motifs is 1. The monoisotopic (exact) mass is 497 g/mol. The number of nitrogens with one attached hydrogen (secondary N) is 1. The minimum absolute atomic E-state index is 0.0954. The molecule has 12 heteroatoms. The average Bonchev–Trinajstić information content (AvgIpc) is 3.01. The summed E-state index contributed by atoms with van der Waals surface area (Å²) in [7, 11) is 0. The van der Waals surface area contributed by atoms with Gasteiger partial charge in [0.1, 0.15) is 6.04 Å². The van der Waals surface area contributed by atoms with Crippen LogP contribution in [0, 0.1) is 5.92 Å². The Bertz CT molecular complexity index is 1120. The van der Waals surface area contributed by atoms with Gasteiger partial charge in [0.25, 0.3) is 17.7 Å². The number of aromatic nitrogens is 1. The Morgan fingerprint density at radius 2 is 1.74 bits per heavy atom. The Morgan fingerprint density at radius 1 is 1.15 bits per heavy atom. The van der Waals surface area contributed by atoms with Crippen molar-refractivity contribution in [2.75, 3.05) is 11.9 Å². The Balaban J connectivity index is 1.68. The zero-order chi connectivity index (χ0) is 25.2. The molecule has 1 aromatic heterocycles. The number of carbonyl (C=O) groups excluding carboxylic acids is 4. The maximum atomic E-state index is 12.8. The SMILES string of the molecule is CC(C)C[C@@H](C(=O)OCC(=O)Nc1ncc(C(F)(F)F)cc1Cl)N1C(=O)c2ccccc2C1=O. The lowest BCUT2D eigenvalue weighted by atomic mass is 10.0. The van der Waals surface area contributed by atoms with Gasteiger partial charge in [0.2, 0.25) is 0 Å². The third-order valence-corrected chi connectivity index (χ3v) is 5.16. The smallest absolute Gasteiger partial charge is 0.417 e. The van der Waals surface area contributed by atoms with Gasteiger partial charge in [-0.2, -0.15) is 13.2 Å². The van der Waals surface area contributed by atoms with E-state index in [1.54, 1.807) is 26.0 Å². The molecular formula is C22H19ClF3N3O5. The molecule has 1 N–H and O–H groups in total. The quantitative estimate of drug-likeness (QED) is 0.459. The number of halogens is 4. The van der Waals surface area contributed by atoms with Gasteiger partial charge in [0, 0.05) is 6.20 Å². The number of alkyl halides is 3. The lowest BCUT2D eigenvalue weighted by Gasteiger charge is -2.25. The van der Waals surface area contributed by atoms with Crippen LogP contribution in [0.1, 0.15) is 46.5 Å². The number of benzene rings is 1. The molecule has 1 aliphatic rings. The zero-order valence-electron chi connectivity index (χ0n) is 18.0. The van der Waals surface area contributed by atoms with Crippen LogP contribution >= 0.6 is 11.6 Å². The van der Waals surface area contributed by atoms with Crippen LogP contribution in [0.2, 0.25) is 5.02 Å². The van der Waals surface area contributed by atoms with E-state index in [1.807, 2.05) is 0 Å². The first-order chi connectivity index (χ1) is 15.9. The van der Waals surface area contributed by atoms with Gasteiger partial charge >= 0.3 is 12.1 Å². The normalized spacial score (nSPS) is 14.3. The van der Waals surface area contributed by atoms with Crippen molar-refractivity contribution < 1.29 is 37.1 Å². The molecule has 2 heterocycles. The third-order valence-electron chi connectivity index (χ3n) is 4.88. The molecule has 0 bridgehead atoms. The van der Waals surface area contributed by atoms with Crippen LogP contribution in [-0.2, 0) is 20.5 Å². The van der Waals surface area contributed by atoms with Crippen molar-refractivity contribution in [2.45, 2.75) is 32.5 Å². The summed E-state index contributed by atoms with van der Waals surface area (Å²) in [6.45, 7) is 2.72. The lowest BCUT2D eigenvalue weighted by molar-refractivity contribution is -0.151. The summed E-state index contributed by atoms with van der Waals surface area (Å²) >= 11 is 5.75. The van der Waals surface area contributed by atoms with Crippen LogP contribution in [-0.4, -0.2) is 46.2 Å². The summed E-state index contributed by atoms with van der Waals surface area (Å²) in [5.41, 5.74) is -0.774. The number of nitrogens with zero attached hydrogens (tertiary/aromatic N) is 2. The molecule has 0 aliphatic carbocycles. The number of esters is 1. The van der Waals surface area contributed by atoms with E-state index in [-0.39, 0.29) is 29.3 Å². The molecule has 1 atom stereocenters. The lowest BCUT2D eigenvalue weighted by Crippen LogP contribution is -2.46. The van der Waals surface area contributed by atoms with Gasteiger partial charge in [-0.15, -0.1) is 0 Å². The summed E-state index contributed by atoms with van der Waals surface area (Å²) in [6, 6.07) is 5.45. The number of imide groups is 1. The molecule has 0 radical (unpaired) electrons. The summed E-state index contributed by atoms with van der Waals surface area (Å²) < 4.78 is 43.2. The fraction of sp³-hybridized carbons (Fsp3) is 0.318. The number of ether oxygens (including phenoxy) is 1. The number of pyridine rings is 1.